The average Bonchev–Trinajstić information content (AvgIpc) is 3.03. The monoisotopic (exact) mass is 241 g/mol. The van der Waals surface area contributed by atoms with Gasteiger partial charge < -0.3 is 9.84 Å². The molecule has 2 fully saturated rings. The molecule has 0 saturated heterocycles. The van der Waals surface area contributed by atoms with Crippen molar-refractivity contribution in [2.75, 3.05) is 20.3 Å². The van der Waals surface area contributed by atoms with Gasteiger partial charge in [-0.05, 0) is 38.5 Å². The number of aliphatic carboxylic acids is 1. The summed E-state index contributed by atoms with van der Waals surface area (Å²) in [5.41, 5.74) is 0. The number of hydrogen-bond acceptors (Lipinski definition) is 3. The molecule has 0 aromatic heterocycles. The third-order valence-corrected chi connectivity index (χ3v) is 4.36. The molecule has 17 heavy (non-hydrogen) atoms. The van der Waals surface area contributed by atoms with Crippen LogP contribution < -0.4 is 0 Å². The zero-order chi connectivity index (χ0) is 12.4. The van der Waals surface area contributed by atoms with Crippen molar-refractivity contribution in [3.63, 3.8) is 0 Å². The second-order valence-corrected chi connectivity index (χ2v) is 5.40. The molecule has 3 atom stereocenters. The normalized spacial score (nSPS) is 30.1. The van der Waals surface area contributed by atoms with Crippen LogP contribution in [0.3, 0.4) is 0 Å². The van der Waals surface area contributed by atoms with E-state index in [0.29, 0.717) is 12.6 Å². The number of rotatable bonds is 7. The summed E-state index contributed by atoms with van der Waals surface area (Å²) in [7, 11) is 1.70. The molecule has 2 saturated carbocycles. The Morgan fingerprint density at radius 1 is 1.41 bits per heavy atom. The van der Waals surface area contributed by atoms with Gasteiger partial charge in [-0.3, -0.25) is 9.69 Å². The van der Waals surface area contributed by atoms with Gasteiger partial charge in [0, 0.05) is 25.7 Å². The topological polar surface area (TPSA) is 49.8 Å². The second kappa shape index (κ2) is 5.36. The van der Waals surface area contributed by atoms with E-state index in [4.69, 9.17) is 9.84 Å². The van der Waals surface area contributed by atoms with Gasteiger partial charge in [0.25, 0.3) is 0 Å². The Kier molecular flexibility index (Phi) is 4.05. The van der Waals surface area contributed by atoms with E-state index in [2.05, 4.69) is 11.8 Å². The van der Waals surface area contributed by atoms with Crippen LogP contribution in [0.1, 0.15) is 32.6 Å². The molecule has 4 nitrogen and oxygen atoms in total. The van der Waals surface area contributed by atoms with Crippen LogP contribution in [-0.4, -0.2) is 48.3 Å². The first kappa shape index (κ1) is 12.8. The summed E-state index contributed by atoms with van der Waals surface area (Å²) in [4.78, 5) is 13.5. The fourth-order valence-electron chi connectivity index (χ4n) is 2.89. The first-order valence-corrected chi connectivity index (χ1v) is 6.62. The van der Waals surface area contributed by atoms with E-state index in [0.717, 1.165) is 25.3 Å². The van der Waals surface area contributed by atoms with Crippen molar-refractivity contribution in [1.82, 2.24) is 4.90 Å². The summed E-state index contributed by atoms with van der Waals surface area (Å²) >= 11 is 0. The Morgan fingerprint density at radius 2 is 2.12 bits per heavy atom. The van der Waals surface area contributed by atoms with Gasteiger partial charge in [-0.1, -0.05) is 0 Å². The summed E-state index contributed by atoms with van der Waals surface area (Å²) < 4.78 is 5.15. The summed E-state index contributed by atoms with van der Waals surface area (Å²) in [5.74, 6) is -0.0124. The fraction of sp³-hybridized carbons (Fsp3) is 0.923. The highest BCUT2D eigenvalue weighted by Gasteiger charge is 2.44. The van der Waals surface area contributed by atoms with E-state index >= 15 is 0 Å². The van der Waals surface area contributed by atoms with E-state index in [1.165, 1.54) is 12.8 Å². The number of nitrogens with zero attached hydrogens (tertiary/aromatic N) is 1. The number of hydrogen-bond donors (Lipinski definition) is 1. The van der Waals surface area contributed by atoms with E-state index < -0.39 is 5.97 Å². The molecule has 1 N–H and O–H groups in total. The van der Waals surface area contributed by atoms with Gasteiger partial charge in [0.15, 0.2) is 0 Å². The molecule has 0 aromatic rings. The molecule has 2 aliphatic carbocycles. The summed E-state index contributed by atoms with van der Waals surface area (Å²) in [6, 6.07) is 0.746. The number of ether oxygens (including phenoxy) is 1. The Balaban J connectivity index is 1.96. The maximum absolute atomic E-state index is 11.1. The van der Waals surface area contributed by atoms with Crippen molar-refractivity contribution in [3.8, 4) is 0 Å². The van der Waals surface area contributed by atoms with Crippen LogP contribution in [0.4, 0.5) is 0 Å². The lowest BCUT2D eigenvalue weighted by atomic mass is 9.77. The number of methoxy groups -OCH3 is 1. The molecule has 0 radical (unpaired) electrons. The minimum atomic E-state index is -0.633. The third-order valence-electron chi connectivity index (χ3n) is 4.36. The van der Waals surface area contributed by atoms with Gasteiger partial charge in [-0.2, -0.15) is 0 Å². The maximum Gasteiger partial charge on any atom is 0.308 e. The lowest BCUT2D eigenvalue weighted by molar-refractivity contribution is -0.150. The largest absolute Gasteiger partial charge is 0.481 e. The third kappa shape index (κ3) is 2.80. The van der Waals surface area contributed by atoms with Gasteiger partial charge in [0.1, 0.15) is 0 Å². The predicted molar refractivity (Wildman–Crippen MR) is 64.9 cm³/mol. The van der Waals surface area contributed by atoms with Crippen molar-refractivity contribution >= 4 is 5.97 Å². The van der Waals surface area contributed by atoms with Crippen molar-refractivity contribution in [3.05, 3.63) is 0 Å². The van der Waals surface area contributed by atoms with Crippen molar-refractivity contribution in [1.29, 1.82) is 0 Å². The van der Waals surface area contributed by atoms with E-state index in [9.17, 15) is 4.79 Å². The molecule has 4 heteroatoms. The molecular weight excluding hydrogens is 218 g/mol. The van der Waals surface area contributed by atoms with Crippen molar-refractivity contribution < 1.29 is 14.6 Å². The first-order chi connectivity index (χ1) is 8.15. The van der Waals surface area contributed by atoms with Gasteiger partial charge >= 0.3 is 5.97 Å². The smallest absolute Gasteiger partial charge is 0.308 e. The molecule has 0 spiro atoms. The van der Waals surface area contributed by atoms with Crippen molar-refractivity contribution in [2.24, 2.45) is 11.8 Å². The van der Waals surface area contributed by atoms with Gasteiger partial charge in [0.05, 0.1) is 12.5 Å². The number of carboxylic acid groups (broad SMARTS) is 1. The SMILES string of the molecule is COCCN(C(C)C1CC1)C1CCC1C(=O)O. The van der Waals surface area contributed by atoms with E-state index in [1.807, 2.05) is 0 Å². The fourth-order valence-corrected chi connectivity index (χ4v) is 2.89. The van der Waals surface area contributed by atoms with Gasteiger partial charge in [-0.25, -0.2) is 0 Å². The number of carboxylic acids is 1. The summed E-state index contributed by atoms with van der Waals surface area (Å²) in [6.45, 7) is 3.80. The van der Waals surface area contributed by atoms with Crippen LogP contribution in [0.15, 0.2) is 0 Å². The summed E-state index contributed by atoms with van der Waals surface area (Å²) in [5, 5.41) is 9.16. The van der Waals surface area contributed by atoms with Crippen LogP contribution in [0.25, 0.3) is 0 Å². The zero-order valence-corrected chi connectivity index (χ0v) is 10.8. The molecule has 0 bridgehead atoms. The van der Waals surface area contributed by atoms with Gasteiger partial charge in [-0.15, -0.1) is 0 Å². The molecule has 0 heterocycles. The lowest BCUT2D eigenvalue weighted by Crippen LogP contribution is -2.54. The molecule has 98 valence electrons. The zero-order valence-electron chi connectivity index (χ0n) is 10.8. The van der Waals surface area contributed by atoms with Crippen LogP contribution in [0.5, 0.6) is 0 Å². The quantitative estimate of drug-likeness (QED) is 0.735. The molecule has 0 amide bonds. The van der Waals surface area contributed by atoms with Crippen LogP contribution in [-0.2, 0) is 9.53 Å². The van der Waals surface area contributed by atoms with Crippen LogP contribution in [0, 0.1) is 11.8 Å². The van der Waals surface area contributed by atoms with Crippen LogP contribution in [0.2, 0.25) is 0 Å². The number of carbonyl (C=O) groups is 1. The highest BCUT2D eigenvalue weighted by molar-refractivity contribution is 5.72. The Labute approximate surface area is 103 Å². The van der Waals surface area contributed by atoms with Crippen molar-refractivity contribution in [2.45, 2.75) is 44.7 Å². The van der Waals surface area contributed by atoms with E-state index in [1.54, 1.807) is 7.11 Å². The molecule has 0 aromatic carbocycles. The van der Waals surface area contributed by atoms with Gasteiger partial charge in [0.2, 0.25) is 0 Å². The Morgan fingerprint density at radius 3 is 2.53 bits per heavy atom. The maximum atomic E-state index is 11.1. The average molecular weight is 241 g/mol. The first-order valence-electron chi connectivity index (χ1n) is 6.62. The standard InChI is InChI=1S/C13H23NO3/c1-9(10-3-4-10)14(7-8-17-2)12-6-5-11(12)13(15)16/h9-12H,3-8H2,1-2H3,(H,15,16). The Bertz CT molecular complexity index is 278. The molecule has 0 aliphatic heterocycles. The second-order valence-electron chi connectivity index (χ2n) is 5.40. The highest BCUT2D eigenvalue weighted by Crippen LogP contribution is 2.40. The lowest BCUT2D eigenvalue weighted by Gasteiger charge is -2.45. The van der Waals surface area contributed by atoms with E-state index in [-0.39, 0.29) is 12.0 Å². The minimum Gasteiger partial charge on any atom is -0.481 e. The molecule has 3 unspecified atom stereocenters. The Hall–Kier alpha value is -0.610. The minimum absolute atomic E-state index is 0.159. The molecular formula is C13H23NO3. The highest BCUT2D eigenvalue weighted by atomic mass is 16.5. The molecule has 2 rings (SSSR count). The van der Waals surface area contributed by atoms with Crippen LogP contribution >= 0.6 is 0 Å². The predicted octanol–water partition coefficient (Wildman–Crippen LogP) is 1.60. The molecule has 2 aliphatic rings. The summed E-state index contributed by atoms with van der Waals surface area (Å²) in [6.07, 6.45) is 4.46.